The van der Waals surface area contributed by atoms with E-state index < -0.39 is 0 Å². The lowest BCUT2D eigenvalue weighted by molar-refractivity contribution is -0.121. The minimum absolute atomic E-state index is 0.165. The Kier molecular flexibility index (Phi) is 3.79. The van der Waals surface area contributed by atoms with Gasteiger partial charge in [0.2, 0.25) is 0 Å². The number of methoxy groups -OCH3 is 2. The second kappa shape index (κ2) is 5.97. The monoisotopic (exact) mass is 322 g/mol. The van der Waals surface area contributed by atoms with Gasteiger partial charge in [0.1, 0.15) is 17.3 Å². The highest BCUT2D eigenvalue weighted by molar-refractivity contribution is 5.85. The lowest BCUT2D eigenvalue weighted by atomic mass is 9.69. The number of fused-ring (bicyclic) bond motifs is 3. The summed E-state index contributed by atoms with van der Waals surface area (Å²) in [4.78, 5) is 12.4. The summed E-state index contributed by atoms with van der Waals surface area (Å²) in [6.07, 6.45) is 2.60. The summed E-state index contributed by atoms with van der Waals surface area (Å²) in [5, 5.41) is 0. The lowest BCUT2D eigenvalue weighted by Gasteiger charge is -2.34. The van der Waals surface area contributed by atoms with E-state index in [1.54, 1.807) is 14.2 Å². The molecule has 0 saturated heterocycles. The van der Waals surface area contributed by atoms with E-state index >= 15 is 0 Å². The molecule has 0 aromatic heterocycles. The Hall–Kier alpha value is -2.29. The van der Waals surface area contributed by atoms with Gasteiger partial charge >= 0.3 is 0 Å². The van der Waals surface area contributed by atoms with Gasteiger partial charge in [0.05, 0.1) is 14.2 Å². The highest BCUT2D eigenvalue weighted by Gasteiger charge is 2.42. The molecule has 3 nitrogen and oxygen atoms in total. The van der Waals surface area contributed by atoms with Crippen LogP contribution in [0.5, 0.6) is 11.5 Å². The van der Waals surface area contributed by atoms with Gasteiger partial charge in [0.25, 0.3) is 0 Å². The van der Waals surface area contributed by atoms with E-state index in [2.05, 4.69) is 24.3 Å². The minimum Gasteiger partial charge on any atom is -0.497 e. The average Bonchev–Trinajstić information content (AvgIpc) is 3.01. The Balaban J connectivity index is 1.81. The zero-order chi connectivity index (χ0) is 16.7. The zero-order valence-electron chi connectivity index (χ0n) is 14.1. The molecule has 2 aliphatic carbocycles. The number of hydrogen-bond donors (Lipinski definition) is 0. The van der Waals surface area contributed by atoms with Crippen LogP contribution in [-0.2, 0) is 4.79 Å². The van der Waals surface area contributed by atoms with Gasteiger partial charge in [-0.15, -0.1) is 0 Å². The highest BCUT2D eigenvalue weighted by Crippen LogP contribution is 2.51. The molecule has 1 saturated carbocycles. The number of carbonyl (C=O) groups is 1. The Morgan fingerprint density at radius 3 is 2.29 bits per heavy atom. The maximum atomic E-state index is 12.4. The molecule has 2 aliphatic rings. The van der Waals surface area contributed by atoms with Gasteiger partial charge in [-0.2, -0.15) is 0 Å². The number of benzene rings is 2. The second-order valence-electron chi connectivity index (χ2n) is 6.77. The van der Waals surface area contributed by atoms with Crippen molar-refractivity contribution in [2.45, 2.75) is 31.1 Å². The van der Waals surface area contributed by atoms with Crippen LogP contribution < -0.4 is 9.47 Å². The molecule has 0 radical (unpaired) electrons. The first-order valence-electron chi connectivity index (χ1n) is 8.55. The Labute approximate surface area is 142 Å². The van der Waals surface area contributed by atoms with Crippen molar-refractivity contribution in [1.29, 1.82) is 0 Å². The summed E-state index contributed by atoms with van der Waals surface area (Å²) in [5.74, 6) is 2.96. The number of ketones is 1. The van der Waals surface area contributed by atoms with Crippen LogP contribution in [0.2, 0.25) is 0 Å². The van der Waals surface area contributed by atoms with E-state index in [-0.39, 0.29) is 11.8 Å². The summed E-state index contributed by atoms with van der Waals surface area (Å²) in [7, 11) is 3.38. The van der Waals surface area contributed by atoms with Crippen molar-refractivity contribution in [2.24, 2.45) is 5.92 Å². The molecule has 0 bridgehead atoms. The Bertz CT molecular complexity index is 763. The fourth-order valence-electron chi connectivity index (χ4n) is 4.43. The van der Waals surface area contributed by atoms with Crippen LogP contribution in [0, 0.1) is 5.92 Å². The summed E-state index contributed by atoms with van der Waals surface area (Å²) < 4.78 is 10.7. The number of rotatable bonds is 3. The molecule has 0 N–H and O–H groups in total. The normalized spacial score (nSPS) is 25.1. The highest BCUT2D eigenvalue weighted by atomic mass is 16.5. The average molecular weight is 322 g/mol. The third-order valence-electron chi connectivity index (χ3n) is 5.68. The third-order valence-corrected chi connectivity index (χ3v) is 5.68. The van der Waals surface area contributed by atoms with E-state index in [4.69, 9.17) is 9.47 Å². The lowest BCUT2D eigenvalue weighted by Crippen LogP contribution is -2.24. The molecular formula is C21H22O3. The summed E-state index contributed by atoms with van der Waals surface area (Å²) in [6, 6.07) is 14.6. The van der Waals surface area contributed by atoms with Crippen molar-refractivity contribution < 1.29 is 14.3 Å². The first kappa shape index (κ1) is 15.3. The van der Waals surface area contributed by atoms with Crippen LogP contribution >= 0.6 is 0 Å². The Morgan fingerprint density at radius 1 is 0.875 bits per heavy atom. The first-order chi connectivity index (χ1) is 11.7. The molecule has 0 spiro atoms. The molecule has 0 heterocycles. The van der Waals surface area contributed by atoms with E-state index in [1.165, 1.54) is 16.7 Å². The molecular weight excluding hydrogens is 300 g/mol. The van der Waals surface area contributed by atoms with Crippen molar-refractivity contribution >= 4 is 5.78 Å². The van der Waals surface area contributed by atoms with Gasteiger partial charge < -0.3 is 9.47 Å². The molecule has 4 rings (SSSR count). The van der Waals surface area contributed by atoms with Crippen molar-refractivity contribution in [3.63, 3.8) is 0 Å². The van der Waals surface area contributed by atoms with E-state index in [0.717, 1.165) is 30.8 Å². The van der Waals surface area contributed by atoms with Crippen LogP contribution in [0.3, 0.4) is 0 Å². The number of carbonyl (C=O) groups excluding carboxylic acids is 1. The molecule has 24 heavy (non-hydrogen) atoms. The molecule has 3 heteroatoms. The molecule has 0 unspecified atom stereocenters. The number of ether oxygens (including phenoxy) is 2. The van der Waals surface area contributed by atoms with Gasteiger partial charge in [-0.25, -0.2) is 0 Å². The fraction of sp³-hybridized carbons (Fsp3) is 0.381. The smallest absolute Gasteiger partial charge is 0.136 e. The molecule has 1 fully saturated rings. The molecule has 0 amide bonds. The summed E-state index contributed by atoms with van der Waals surface area (Å²) in [5.41, 5.74) is 3.89. The van der Waals surface area contributed by atoms with Crippen LogP contribution in [0.15, 0.2) is 42.5 Å². The molecule has 2 aromatic rings. The van der Waals surface area contributed by atoms with Gasteiger partial charge in [-0.3, -0.25) is 4.79 Å². The maximum Gasteiger partial charge on any atom is 0.136 e. The molecule has 3 atom stereocenters. The van der Waals surface area contributed by atoms with Crippen molar-refractivity contribution in [3.8, 4) is 11.5 Å². The second-order valence-corrected chi connectivity index (χ2v) is 6.77. The van der Waals surface area contributed by atoms with Gasteiger partial charge in [-0.1, -0.05) is 18.2 Å². The van der Waals surface area contributed by atoms with Crippen molar-refractivity contribution in [3.05, 3.63) is 59.2 Å². The first-order valence-corrected chi connectivity index (χ1v) is 8.55. The maximum absolute atomic E-state index is 12.4. The standard InChI is InChI=1S/C21H22O3/c1-23-14-5-3-13(4-6-14)18-12-20-17(9-10-21(20)22)16-8-7-15(24-2)11-19(16)18/h3-8,11,17-18,20H,9-10,12H2,1-2H3/t17-,18+,20+/m0/s1. The number of Topliss-reactive ketones (excluding diaryl/α,β-unsaturated/α-hetero) is 1. The van der Waals surface area contributed by atoms with E-state index in [9.17, 15) is 4.79 Å². The number of hydrogen-bond acceptors (Lipinski definition) is 3. The van der Waals surface area contributed by atoms with Crippen LogP contribution in [0.1, 0.15) is 47.8 Å². The molecule has 2 aromatic carbocycles. The molecule has 0 aliphatic heterocycles. The van der Waals surface area contributed by atoms with Crippen LogP contribution in [-0.4, -0.2) is 20.0 Å². The van der Waals surface area contributed by atoms with Crippen molar-refractivity contribution in [2.75, 3.05) is 14.2 Å². The minimum atomic E-state index is 0.165. The summed E-state index contributed by atoms with van der Waals surface area (Å²) in [6.45, 7) is 0. The zero-order valence-corrected chi connectivity index (χ0v) is 14.1. The Morgan fingerprint density at radius 2 is 1.58 bits per heavy atom. The third kappa shape index (κ3) is 2.39. The predicted octanol–water partition coefficient (Wildman–Crippen LogP) is 4.30. The SMILES string of the molecule is COc1ccc([C@H]2C[C@H]3C(=O)CC[C@H]3c3ccc(OC)cc32)cc1. The summed E-state index contributed by atoms with van der Waals surface area (Å²) >= 11 is 0. The van der Waals surface area contributed by atoms with Crippen molar-refractivity contribution in [1.82, 2.24) is 0 Å². The predicted molar refractivity (Wildman–Crippen MR) is 92.9 cm³/mol. The van der Waals surface area contributed by atoms with Gasteiger partial charge in [-0.05, 0) is 59.7 Å². The molecule has 124 valence electrons. The van der Waals surface area contributed by atoms with Gasteiger partial charge in [0, 0.05) is 18.3 Å². The van der Waals surface area contributed by atoms with E-state index in [1.807, 2.05) is 18.2 Å². The van der Waals surface area contributed by atoms with Crippen LogP contribution in [0.25, 0.3) is 0 Å². The van der Waals surface area contributed by atoms with Crippen LogP contribution in [0.4, 0.5) is 0 Å². The van der Waals surface area contributed by atoms with E-state index in [0.29, 0.717) is 11.7 Å². The van der Waals surface area contributed by atoms with Gasteiger partial charge in [0.15, 0.2) is 0 Å². The topological polar surface area (TPSA) is 35.5 Å². The largest absolute Gasteiger partial charge is 0.497 e. The quantitative estimate of drug-likeness (QED) is 0.845. The fourth-order valence-corrected chi connectivity index (χ4v) is 4.43.